The fraction of sp³-hybridized carbons (Fsp3) is 0.545. The van der Waals surface area contributed by atoms with Crippen LogP contribution in [-0.2, 0) is 11.2 Å². The van der Waals surface area contributed by atoms with Crippen LogP contribution in [0.5, 0.6) is 0 Å². The summed E-state index contributed by atoms with van der Waals surface area (Å²) < 4.78 is 5.17. The summed E-state index contributed by atoms with van der Waals surface area (Å²) in [4.78, 5) is 13.5. The van der Waals surface area contributed by atoms with Crippen molar-refractivity contribution in [1.82, 2.24) is 4.90 Å². The van der Waals surface area contributed by atoms with Gasteiger partial charge in [0.05, 0.1) is 6.26 Å². The highest BCUT2D eigenvalue weighted by Gasteiger charge is 2.28. The van der Waals surface area contributed by atoms with E-state index in [1.165, 1.54) is 0 Å². The molecule has 2 heterocycles. The Bertz CT molecular complexity index is 315. The molecule has 1 amide bonds. The van der Waals surface area contributed by atoms with Crippen molar-refractivity contribution in [2.75, 3.05) is 19.6 Å². The molecule has 1 saturated heterocycles. The molecule has 82 valence electrons. The number of aryl methyl sites for hydroxylation is 1. The molecule has 1 aliphatic heterocycles. The van der Waals surface area contributed by atoms with Gasteiger partial charge in [-0.15, -0.1) is 0 Å². The van der Waals surface area contributed by atoms with Crippen molar-refractivity contribution in [3.05, 3.63) is 24.2 Å². The molecule has 1 aromatic heterocycles. The van der Waals surface area contributed by atoms with Gasteiger partial charge in [0.15, 0.2) is 0 Å². The van der Waals surface area contributed by atoms with Crippen LogP contribution in [0.4, 0.5) is 0 Å². The molecule has 0 bridgehead atoms. The molecule has 2 rings (SSSR count). The number of carbonyl (C=O) groups excluding carboxylic acids is 1. The number of rotatable bonds is 4. The third kappa shape index (κ3) is 2.39. The first-order valence-corrected chi connectivity index (χ1v) is 5.30. The zero-order valence-corrected chi connectivity index (χ0v) is 8.69. The summed E-state index contributed by atoms with van der Waals surface area (Å²) in [6, 6.07) is 3.74. The molecule has 1 aliphatic rings. The topological polar surface area (TPSA) is 59.5 Å². The second-order valence-corrected chi connectivity index (χ2v) is 3.98. The van der Waals surface area contributed by atoms with Gasteiger partial charge in [-0.05, 0) is 18.7 Å². The van der Waals surface area contributed by atoms with Crippen LogP contribution in [-0.4, -0.2) is 30.4 Å². The minimum absolute atomic E-state index is 0.205. The van der Waals surface area contributed by atoms with E-state index in [0.717, 1.165) is 18.8 Å². The van der Waals surface area contributed by atoms with Gasteiger partial charge in [-0.25, -0.2) is 0 Å². The molecule has 0 spiro atoms. The lowest BCUT2D eigenvalue weighted by Gasteiger charge is -2.38. The molecule has 0 unspecified atom stereocenters. The van der Waals surface area contributed by atoms with Gasteiger partial charge in [-0.3, -0.25) is 4.79 Å². The maximum Gasteiger partial charge on any atom is 0.223 e. The summed E-state index contributed by atoms with van der Waals surface area (Å²) in [5.41, 5.74) is 5.49. The molecule has 4 nitrogen and oxygen atoms in total. The fourth-order valence-electron chi connectivity index (χ4n) is 1.77. The first-order chi connectivity index (χ1) is 7.29. The van der Waals surface area contributed by atoms with Gasteiger partial charge >= 0.3 is 0 Å². The van der Waals surface area contributed by atoms with Gasteiger partial charge in [0.1, 0.15) is 5.76 Å². The lowest BCUT2D eigenvalue weighted by molar-refractivity contribution is -0.137. The Kier molecular flexibility index (Phi) is 3.06. The molecule has 0 atom stereocenters. The van der Waals surface area contributed by atoms with Crippen molar-refractivity contribution >= 4 is 5.91 Å². The molecule has 1 fully saturated rings. The minimum Gasteiger partial charge on any atom is -0.469 e. The van der Waals surface area contributed by atoms with E-state index in [0.29, 0.717) is 25.3 Å². The maximum atomic E-state index is 11.6. The van der Waals surface area contributed by atoms with Gasteiger partial charge in [0.25, 0.3) is 0 Å². The van der Waals surface area contributed by atoms with E-state index >= 15 is 0 Å². The number of nitrogens with zero attached hydrogens (tertiary/aromatic N) is 1. The average Bonchev–Trinajstić information content (AvgIpc) is 2.65. The van der Waals surface area contributed by atoms with Crippen LogP contribution in [0.2, 0.25) is 0 Å². The standard InChI is InChI=1S/C11H16N2O2/c12-6-9-7-13(8-9)11(14)4-3-10-2-1-5-15-10/h1-2,5,9H,3-4,6-8,12H2. The molecule has 1 aromatic rings. The molecule has 15 heavy (non-hydrogen) atoms. The lowest BCUT2D eigenvalue weighted by Crippen LogP contribution is -2.52. The molecular formula is C11H16N2O2. The first-order valence-electron chi connectivity index (χ1n) is 5.30. The van der Waals surface area contributed by atoms with E-state index < -0.39 is 0 Å². The summed E-state index contributed by atoms with van der Waals surface area (Å²) >= 11 is 0. The smallest absolute Gasteiger partial charge is 0.223 e. The summed E-state index contributed by atoms with van der Waals surface area (Å²) in [5, 5.41) is 0. The van der Waals surface area contributed by atoms with E-state index in [9.17, 15) is 4.79 Å². The van der Waals surface area contributed by atoms with Gasteiger partial charge in [0.2, 0.25) is 5.91 Å². The van der Waals surface area contributed by atoms with Gasteiger partial charge in [0, 0.05) is 31.8 Å². The number of likely N-dealkylation sites (tertiary alicyclic amines) is 1. The molecule has 4 heteroatoms. The van der Waals surface area contributed by atoms with E-state index in [4.69, 9.17) is 10.2 Å². The van der Waals surface area contributed by atoms with Crippen molar-refractivity contribution in [2.45, 2.75) is 12.8 Å². The van der Waals surface area contributed by atoms with Crippen LogP contribution >= 0.6 is 0 Å². The van der Waals surface area contributed by atoms with Crippen LogP contribution in [0.1, 0.15) is 12.2 Å². The Morgan fingerprint density at radius 1 is 1.60 bits per heavy atom. The number of amides is 1. The number of furan rings is 1. The fourth-order valence-corrected chi connectivity index (χ4v) is 1.77. The average molecular weight is 208 g/mol. The highest BCUT2D eigenvalue weighted by atomic mass is 16.3. The van der Waals surface area contributed by atoms with Gasteiger partial charge < -0.3 is 15.1 Å². The van der Waals surface area contributed by atoms with Crippen LogP contribution in [0.15, 0.2) is 22.8 Å². The third-order valence-electron chi connectivity index (χ3n) is 2.81. The SMILES string of the molecule is NCC1CN(C(=O)CCc2ccco2)C1. The Hall–Kier alpha value is -1.29. The molecule has 0 aliphatic carbocycles. The van der Waals surface area contributed by atoms with Crippen molar-refractivity contribution in [3.63, 3.8) is 0 Å². The first kappa shape index (κ1) is 10.2. The van der Waals surface area contributed by atoms with Crippen molar-refractivity contribution < 1.29 is 9.21 Å². The predicted molar refractivity (Wildman–Crippen MR) is 56.2 cm³/mol. The Morgan fingerprint density at radius 2 is 2.40 bits per heavy atom. The second-order valence-electron chi connectivity index (χ2n) is 3.98. The zero-order valence-electron chi connectivity index (χ0n) is 8.69. The maximum absolute atomic E-state index is 11.6. The lowest BCUT2D eigenvalue weighted by atomic mass is 10.00. The van der Waals surface area contributed by atoms with Crippen molar-refractivity contribution in [3.8, 4) is 0 Å². The van der Waals surface area contributed by atoms with E-state index in [-0.39, 0.29) is 5.91 Å². The molecule has 0 aromatic carbocycles. The number of nitrogens with two attached hydrogens (primary N) is 1. The normalized spacial score (nSPS) is 16.5. The number of hydrogen-bond acceptors (Lipinski definition) is 3. The second kappa shape index (κ2) is 4.49. The summed E-state index contributed by atoms with van der Waals surface area (Å²) in [5.74, 6) is 1.59. The van der Waals surface area contributed by atoms with Crippen LogP contribution in [0.3, 0.4) is 0 Å². The molecule has 0 radical (unpaired) electrons. The largest absolute Gasteiger partial charge is 0.469 e. The quantitative estimate of drug-likeness (QED) is 0.789. The zero-order chi connectivity index (χ0) is 10.7. The monoisotopic (exact) mass is 208 g/mol. The van der Waals surface area contributed by atoms with Crippen molar-refractivity contribution in [1.29, 1.82) is 0 Å². The van der Waals surface area contributed by atoms with Gasteiger partial charge in [-0.1, -0.05) is 0 Å². The van der Waals surface area contributed by atoms with Crippen LogP contribution < -0.4 is 5.73 Å². The van der Waals surface area contributed by atoms with Crippen molar-refractivity contribution in [2.24, 2.45) is 11.7 Å². The Labute approximate surface area is 89.0 Å². The van der Waals surface area contributed by atoms with Gasteiger partial charge in [-0.2, -0.15) is 0 Å². The van der Waals surface area contributed by atoms with E-state index in [1.54, 1.807) is 6.26 Å². The predicted octanol–water partition coefficient (Wildman–Crippen LogP) is 0.629. The minimum atomic E-state index is 0.205. The van der Waals surface area contributed by atoms with Crippen LogP contribution in [0.25, 0.3) is 0 Å². The van der Waals surface area contributed by atoms with Crippen LogP contribution in [0, 0.1) is 5.92 Å². The summed E-state index contributed by atoms with van der Waals surface area (Å²) in [7, 11) is 0. The van der Waals surface area contributed by atoms with E-state index in [1.807, 2.05) is 17.0 Å². The Balaban J connectivity index is 1.70. The third-order valence-corrected chi connectivity index (χ3v) is 2.81. The summed E-state index contributed by atoms with van der Waals surface area (Å²) in [6.45, 7) is 2.34. The van der Waals surface area contributed by atoms with E-state index in [2.05, 4.69) is 0 Å². The number of hydrogen-bond donors (Lipinski definition) is 1. The molecular weight excluding hydrogens is 192 g/mol. The highest BCUT2D eigenvalue weighted by molar-refractivity contribution is 5.77. The Morgan fingerprint density at radius 3 is 3.00 bits per heavy atom. The molecule has 2 N–H and O–H groups in total. The summed E-state index contributed by atoms with van der Waals surface area (Å²) in [6.07, 6.45) is 2.86. The number of carbonyl (C=O) groups is 1. The highest BCUT2D eigenvalue weighted by Crippen LogP contribution is 2.16. The molecule has 0 saturated carbocycles.